The Balaban J connectivity index is 2.91. The van der Waals surface area contributed by atoms with Gasteiger partial charge in [-0.1, -0.05) is 23.7 Å². The molecule has 4 nitrogen and oxygen atoms in total. The number of carbonyl (C=O) groups is 1. The number of hydrogen-bond acceptors (Lipinski definition) is 3. The molecule has 0 aliphatic heterocycles. The fourth-order valence-electron chi connectivity index (χ4n) is 1.69. The van der Waals surface area contributed by atoms with Crippen molar-refractivity contribution in [2.24, 2.45) is 0 Å². The normalized spacial score (nSPS) is 10.5. The first-order valence-corrected chi connectivity index (χ1v) is 5.30. The van der Waals surface area contributed by atoms with Gasteiger partial charge in [-0.3, -0.25) is 0 Å². The molecular weight excluding hydrogens is 242 g/mol. The lowest BCUT2D eigenvalue weighted by atomic mass is 10.1. The van der Waals surface area contributed by atoms with Gasteiger partial charge in [-0.05, 0) is 13.0 Å². The standard InChI is InChI=1S/C12H10ClNO3/c1-6-9(13)7-4-3-5-8(17-2)11(7)14-10(6)12(15)16/h3-5H,1-2H3,(H,15,16). The summed E-state index contributed by atoms with van der Waals surface area (Å²) in [7, 11) is 1.50. The Morgan fingerprint density at radius 2 is 2.18 bits per heavy atom. The minimum atomic E-state index is -1.10. The zero-order valence-corrected chi connectivity index (χ0v) is 10.1. The second kappa shape index (κ2) is 4.22. The van der Waals surface area contributed by atoms with Crippen molar-refractivity contribution in [3.8, 4) is 5.75 Å². The lowest BCUT2D eigenvalue weighted by Crippen LogP contribution is -2.05. The third-order valence-corrected chi connectivity index (χ3v) is 3.05. The Morgan fingerprint density at radius 1 is 1.47 bits per heavy atom. The van der Waals surface area contributed by atoms with Crippen molar-refractivity contribution < 1.29 is 14.6 Å². The summed E-state index contributed by atoms with van der Waals surface area (Å²) in [6, 6.07) is 5.28. The largest absolute Gasteiger partial charge is 0.494 e. The maximum Gasteiger partial charge on any atom is 0.354 e. The molecule has 17 heavy (non-hydrogen) atoms. The number of pyridine rings is 1. The van der Waals surface area contributed by atoms with Crippen LogP contribution in [0.25, 0.3) is 10.9 Å². The number of ether oxygens (including phenoxy) is 1. The molecule has 0 saturated carbocycles. The van der Waals surface area contributed by atoms with Crippen LogP contribution in [0.15, 0.2) is 18.2 Å². The zero-order valence-electron chi connectivity index (χ0n) is 9.32. The van der Waals surface area contributed by atoms with Crippen molar-refractivity contribution in [1.82, 2.24) is 4.98 Å². The molecule has 88 valence electrons. The zero-order chi connectivity index (χ0) is 12.6. The number of hydrogen-bond donors (Lipinski definition) is 1. The van der Waals surface area contributed by atoms with Crippen LogP contribution >= 0.6 is 11.6 Å². The van der Waals surface area contributed by atoms with Crippen LogP contribution in [0.3, 0.4) is 0 Å². The van der Waals surface area contributed by atoms with Gasteiger partial charge in [-0.2, -0.15) is 0 Å². The highest BCUT2D eigenvalue weighted by molar-refractivity contribution is 6.36. The maximum atomic E-state index is 11.1. The van der Waals surface area contributed by atoms with E-state index in [-0.39, 0.29) is 5.69 Å². The predicted molar refractivity (Wildman–Crippen MR) is 65.0 cm³/mol. The summed E-state index contributed by atoms with van der Waals surface area (Å²) < 4.78 is 5.14. The summed E-state index contributed by atoms with van der Waals surface area (Å²) in [6.07, 6.45) is 0. The monoisotopic (exact) mass is 251 g/mol. The minimum absolute atomic E-state index is 0.0491. The van der Waals surface area contributed by atoms with E-state index in [0.717, 1.165) is 0 Å². The molecule has 1 aromatic carbocycles. The molecule has 0 spiro atoms. The highest BCUT2D eigenvalue weighted by Crippen LogP contribution is 2.32. The van der Waals surface area contributed by atoms with Crippen LogP contribution in [0.5, 0.6) is 5.75 Å². The van der Waals surface area contributed by atoms with Gasteiger partial charge in [0.2, 0.25) is 0 Å². The molecule has 0 aliphatic rings. The Bertz CT molecular complexity index is 610. The third kappa shape index (κ3) is 1.80. The molecular formula is C12H10ClNO3. The van der Waals surface area contributed by atoms with Gasteiger partial charge in [0.15, 0.2) is 5.69 Å². The number of nitrogens with zero attached hydrogens (tertiary/aromatic N) is 1. The summed E-state index contributed by atoms with van der Waals surface area (Å²) in [5.41, 5.74) is 0.870. The first kappa shape index (κ1) is 11.7. The van der Waals surface area contributed by atoms with Gasteiger partial charge in [-0.15, -0.1) is 0 Å². The highest BCUT2D eigenvalue weighted by Gasteiger charge is 2.17. The van der Waals surface area contributed by atoms with Crippen molar-refractivity contribution in [2.45, 2.75) is 6.92 Å². The fraction of sp³-hybridized carbons (Fsp3) is 0.167. The van der Waals surface area contributed by atoms with E-state index in [1.807, 2.05) is 0 Å². The summed E-state index contributed by atoms with van der Waals surface area (Å²) in [5, 5.41) is 10.1. The van der Waals surface area contributed by atoms with Gasteiger partial charge >= 0.3 is 5.97 Å². The van der Waals surface area contributed by atoms with Crippen LogP contribution in [-0.4, -0.2) is 23.2 Å². The lowest BCUT2D eigenvalue weighted by Gasteiger charge is -2.09. The first-order chi connectivity index (χ1) is 8.06. The van der Waals surface area contributed by atoms with Gasteiger partial charge in [0.05, 0.1) is 12.1 Å². The van der Waals surface area contributed by atoms with E-state index < -0.39 is 5.97 Å². The van der Waals surface area contributed by atoms with Crippen molar-refractivity contribution >= 4 is 28.5 Å². The van der Waals surface area contributed by atoms with E-state index >= 15 is 0 Å². The molecule has 0 saturated heterocycles. The van der Waals surface area contributed by atoms with Crippen LogP contribution in [0, 0.1) is 6.92 Å². The number of aromatic nitrogens is 1. The number of methoxy groups -OCH3 is 1. The second-order valence-electron chi connectivity index (χ2n) is 3.56. The molecule has 2 aromatic rings. The molecule has 5 heteroatoms. The quantitative estimate of drug-likeness (QED) is 0.892. The molecule has 1 N–H and O–H groups in total. The number of halogens is 1. The van der Waals surface area contributed by atoms with Crippen LogP contribution < -0.4 is 4.74 Å². The van der Waals surface area contributed by atoms with Gasteiger partial charge in [0, 0.05) is 10.9 Å². The van der Waals surface area contributed by atoms with Gasteiger partial charge in [0.1, 0.15) is 11.3 Å². The lowest BCUT2D eigenvalue weighted by molar-refractivity contribution is 0.0690. The number of benzene rings is 1. The van der Waals surface area contributed by atoms with E-state index in [1.54, 1.807) is 25.1 Å². The molecule has 2 rings (SSSR count). The van der Waals surface area contributed by atoms with E-state index in [9.17, 15) is 4.79 Å². The Hall–Kier alpha value is -1.81. The molecule has 0 amide bonds. The van der Waals surface area contributed by atoms with E-state index in [2.05, 4.69) is 4.98 Å². The Kier molecular flexibility index (Phi) is 2.90. The number of carboxylic acids is 1. The van der Waals surface area contributed by atoms with Crippen molar-refractivity contribution in [3.63, 3.8) is 0 Å². The van der Waals surface area contributed by atoms with Gasteiger partial charge < -0.3 is 9.84 Å². The topological polar surface area (TPSA) is 59.4 Å². The molecule has 0 radical (unpaired) electrons. The van der Waals surface area contributed by atoms with Crippen LogP contribution in [0.1, 0.15) is 16.1 Å². The van der Waals surface area contributed by atoms with Crippen LogP contribution in [0.2, 0.25) is 5.02 Å². The summed E-state index contributed by atoms with van der Waals surface area (Å²) in [5.74, 6) is -0.593. The SMILES string of the molecule is COc1cccc2c(Cl)c(C)c(C(=O)O)nc12. The smallest absolute Gasteiger partial charge is 0.354 e. The number of aromatic carboxylic acids is 1. The minimum Gasteiger partial charge on any atom is -0.494 e. The molecule has 0 bridgehead atoms. The third-order valence-electron chi connectivity index (χ3n) is 2.57. The molecule has 0 atom stereocenters. The number of fused-ring (bicyclic) bond motifs is 1. The molecule has 0 aliphatic carbocycles. The van der Waals surface area contributed by atoms with Gasteiger partial charge in [0.25, 0.3) is 0 Å². The van der Waals surface area contributed by atoms with Crippen molar-refractivity contribution in [2.75, 3.05) is 7.11 Å². The number of carboxylic acid groups (broad SMARTS) is 1. The maximum absolute atomic E-state index is 11.1. The highest BCUT2D eigenvalue weighted by atomic mass is 35.5. The summed E-state index contributed by atoms with van der Waals surface area (Å²) in [6.45, 7) is 1.64. The van der Waals surface area contributed by atoms with E-state index in [0.29, 0.717) is 27.2 Å². The number of para-hydroxylation sites is 1. The van der Waals surface area contributed by atoms with Crippen molar-refractivity contribution in [1.29, 1.82) is 0 Å². The number of rotatable bonds is 2. The average Bonchev–Trinajstić information content (AvgIpc) is 2.32. The average molecular weight is 252 g/mol. The first-order valence-electron chi connectivity index (χ1n) is 4.92. The van der Waals surface area contributed by atoms with Crippen molar-refractivity contribution in [3.05, 3.63) is 34.5 Å². The molecule has 0 fully saturated rings. The molecule has 0 unspecified atom stereocenters. The fourth-order valence-corrected chi connectivity index (χ4v) is 1.93. The Morgan fingerprint density at radius 3 is 2.76 bits per heavy atom. The van der Waals surface area contributed by atoms with E-state index in [4.69, 9.17) is 21.4 Å². The Labute approximate surface area is 103 Å². The molecule has 1 aromatic heterocycles. The molecule has 1 heterocycles. The van der Waals surface area contributed by atoms with Gasteiger partial charge in [-0.25, -0.2) is 9.78 Å². The van der Waals surface area contributed by atoms with Crippen LogP contribution in [-0.2, 0) is 0 Å². The van der Waals surface area contributed by atoms with E-state index in [1.165, 1.54) is 7.11 Å². The summed E-state index contributed by atoms with van der Waals surface area (Å²) >= 11 is 6.15. The second-order valence-corrected chi connectivity index (χ2v) is 3.94. The summed E-state index contributed by atoms with van der Waals surface area (Å²) in [4.78, 5) is 15.2. The predicted octanol–water partition coefficient (Wildman–Crippen LogP) is 2.90. The van der Waals surface area contributed by atoms with Crippen LogP contribution in [0.4, 0.5) is 0 Å².